The van der Waals surface area contributed by atoms with E-state index in [1.807, 2.05) is 12.1 Å². The maximum absolute atomic E-state index is 12.8. The van der Waals surface area contributed by atoms with Gasteiger partial charge in [-0.1, -0.05) is 0 Å². The molecule has 2 atom stereocenters. The summed E-state index contributed by atoms with van der Waals surface area (Å²) in [5, 5.41) is 15.7. The number of rotatable bonds is 8. The second-order valence-corrected chi connectivity index (χ2v) is 8.93. The second-order valence-electron chi connectivity index (χ2n) is 8.93. The fourth-order valence-corrected chi connectivity index (χ4v) is 4.24. The number of hydrogen-bond donors (Lipinski definition) is 3. The third-order valence-corrected chi connectivity index (χ3v) is 5.68. The van der Waals surface area contributed by atoms with Crippen molar-refractivity contribution in [2.24, 2.45) is 0 Å². The molecule has 2 heterocycles. The molecule has 172 valence electrons. The van der Waals surface area contributed by atoms with Crippen LogP contribution in [0.25, 0.3) is 0 Å². The second kappa shape index (κ2) is 9.74. The first-order chi connectivity index (χ1) is 14.7. The van der Waals surface area contributed by atoms with Crippen molar-refractivity contribution in [2.75, 3.05) is 40.4 Å². The van der Waals surface area contributed by atoms with Crippen molar-refractivity contribution in [3.05, 3.63) is 23.8 Å². The Morgan fingerprint density at radius 1 is 1.19 bits per heavy atom. The summed E-state index contributed by atoms with van der Waals surface area (Å²) in [7, 11) is 3.18. The molecule has 0 aromatic heterocycles. The molecule has 2 aliphatic rings. The van der Waals surface area contributed by atoms with Gasteiger partial charge in [-0.25, -0.2) is 4.79 Å². The van der Waals surface area contributed by atoms with Crippen molar-refractivity contribution >= 4 is 11.9 Å². The molecular formula is C22H34N4O5. The number of nitrogens with one attached hydrogen (secondary N) is 2. The number of likely N-dealkylation sites (tertiary alicyclic amines) is 2. The third-order valence-electron chi connectivity index (χ3n) is 5.68. The Kier molecular flexibility index (Phi) is 7.27. The van der Waals surface area contributed by atoms with Gasteiger partial charge in [-0.2, -0.15) is 0 Å². The Morgan fingerprint density at radius 2 is 1.97 bits per heavy atom. The summed E-state index contributed by atoms with van der Waals surface area (Å²) in [6.07, 6.45) is 1.39. The van der Waals surface area contributed by atoms with E-state index in [2.05, 4.69) is 15.5 Å². The summed E-state index contributed by atoms with van der Waals surface area (Å²) < 4.78 is 10.6. The highest BCUT2D eigenvalue weighted by molar-refractivity contribution is 5.88. The topological polar surface area (TPSA) is 103 Å². The molecule has 1 aromatic rings. The molecule has 2 fully saturated rings. The summed E-state index contributed by atoms with van der Waals surface area (Å²) in [6.45, 7) is 6.63. The predicted octanol–water partition coefficient (Wildman–Crippen LogP) is 0.949. The lowest BCUT2D eigenvalue weighted by Crippen LogP contribution is -2.49. The number of aliphatic hydroxyl groups is 1. The standard InChI is InChI=1S/C22H34N4O5/c1-22(2,29)14-25-9-7-16(13-25)23-21(28)24-18-8-10-26(20(18)27)12-15-5-6-17(30-3)11-19(15)31-4/h5-6,11,16,18,29H,7-10,12-14H2,1-4H3,(H2,23,24,28)/t16-,18?/m1/s1. The largest absolute Gasteiger partial charge is 0.497 e. The van der Waals surface area contributed by atoms with Crippen LogP contribution in [0.3, 0.4) is 0 Å². The summed E-state index contributed by atoms with van der Waals surface area (Å²) in [6, 6.07) is 4.68. The van der Waals surface area contributed by atoms with Crippen LogP contribution in [0.5, 0.6) is 11.5 Å². The Balaban J connectivity index is 1.49. The van der Waals surface area contributed by atoms with Gasteiger partial charge >= 0.3 is 6.03 Å². The van der Waals surface area contributed by atoms with Crippen LogP contribution in [0.2, 0.25) is 0 Å². The Labute approximate surface area is 183 Å². The number of β-amino-alcohol motifs (C(OH)–C–C–N with tert-alkyl or cyclic N) is 1. The molecule has 0 saturated carbocycles. The van der Waals surface area contributed by atoms with Gasteiger partial charge in [0.1, 0.15) is 17.5 Å². The molecule has 2 aliphatic heterocycles. The van der Waals surface area contributed by atoms with Crippen molar-refractivity contribution < 1.29 is 24.2 Å². The summed E-state index contributed by atoms with van der Waals surface area (Å²) in [4.78, 5) is 29.1. The van der Waals surface area contributed by atoms with Crippen LogP contribution in [0.4, 0.5) is 4.79 Å². The van der Waals surface area contributed by atoms with Gasteiger partial charge in [-0.3, -0.25) is 9.69 Å². The third kappa shape index (κ3) is 6.24. The molecule has 0 bridgehead atoms. The van der Waals surface area contributed by atoms with Crippen LogP contribution >= 0.6 is 0 Å². The molecule has 9 heteroatoms. The Hall–Kier alpha value is -2.52. The first-order valence-corrected chi connectivity index (χ1v) is 10.7. The number of urea groups is 1. The fraction of sp³-hybridized carbons (Fsp3) is 0.636. The number of hydrogen-bond acceptors (Lipinski definition) is 6. The van der Waals surface area contributed by atoms with Crippen molar-refractivity contribution in [1.29, 1.82) is 0 Å². The van der Waals surface area contributed by atoms with Crippen LogP contribution in [0, 0.1) is 0 Å². The molecule has 3 amide bonds. The first kappa shape index (κ1) is 23.1. The van der Waals surface area contributed by atoms with Crippen LogP contribution in [-0.4, -0.2) is 84.9 Å². The minimum absolute atomic E-state index is 0.0125. The summed E-state index contributed by atoms with van der Waals surface area (Å²) in [5.41, 5.74) is 0.128. The van der Waals surface area contributed by atoms with Crippen molar-refractivity contribution in [3.63, 3.8) is 0 Å². The van der Waals surface area contributed by atoms with E-state index in [-0.39, 0.29) is 18.0 Å². The van der Waals surface area contributed by atoms with E-state index in [0.717, 1.165) is 18.5 Å². The van der Waals surface area contributed by atoms with Gasteiger partial charge in [-0.15, -0.1) is 0 Å². The molecule has 1 aromatic carbocycles. The van der Waals surface area contributed by atoms with Crippen LogP contribution < -0.4 is 20.1 Å². The van der Waals surface area contributed by atoms with E-state index in [4.69, 9.17) is 9.47 Å². The zero-order chi connectivity index (χ0) is 22.6. The van der Waals surface area contributed by atoms with Crippen LogP contribution in [0.1, 0.15) is 32.3 Å². The van der Waals surface area contributed by atoms with Crippen LogP contribution in [0.15, 0.2) is 18.2 Å². The van der Waals surface area contributed by atoms with Gasteiger partial charge in [0, 0.05) is 50.4 Å². The number of methoxy groups -OCH3 is 2. The normalized spacial score (nSPS) is 22.0. The quantitative estimate of drug-likeness (QED) is 0.563. The SMILES string of the molecule is COc1ccc(CN2CCC(NC(=O)N[C@@H]3CCN(CC(C)(C)O)C3)C2=O)c(OC)c1. The van der Waals surface area contributed by atoms with E-state index >= 15 is 0 Å². The molecule has 1 unspecified atom stereocenters. The van der Waals surface area contributed by atoms with E-state index in [1.165, 1.54) is 0 Å². The lowest BCUT2D eigenvalue weighted by atomic mass is 10.1. The maximum Gasteiger partial charge on any atom is 0.315 e. The molecule has 3 rings (SSSR count). The minimum Gasteiger partial charge on any atom is -0.497 e. The molecule has 0 radical (unpaired) electrons. The summed E-state index contributed by atoms with van der Waals surface area (Å²) in [5.74, 6) is 1.26. The van der Waals surface area contributed by atoms with E-state index in [1.54, 1.807) is 39.0 Å². The van der Waals surface area contributed by atoms with Crippen molar-refractivity contribution in [3.8, 4) is 11.5 Å². The van der Waals surface area contributed by atoms with Gasteiger partial charge in [0.25, 0.3) is 0 Å². The number of amides is 3. The number of carbonyl (C=O) groups excluding carboxylic acids is 2. The average Bonchev–Trinajstić information content (AvgIpc) is 3.27. The highest BCUT2D eigenvalue weighted by Gasteiger charge is 2.34. The molecule has 0 aliphatic carbocycles. The fourth-order valence-electron chi connectivity index (χ4n) is 4.24. The van der Waals surface area contributed by atoms with Gasteiger partial charge in [0.15, 0.2) is 0 Å². The molecule has 31 heavy (non-hydrogen) atoms. The molecule has 3 N–H and O–H groups in total. The van der Waals surface area contributed by atoms with E-state index in [0.29, 0.717) is 44.1 Å². The average molecular weight is 435 g/mol. The maximum atomic E-state index is 12.8. The van der Waals surface area contributed by atoms with Crippen molar-refractivity contribution in [2.45, 2.75) is 50.9 Å². The number of carbonyl (C=O) groups is 2. The zero-order valence-electron chi connectivity index (χ0n) is 18.8. The number of ether oxygens (including phenoxy) is 2. The lowest BCUT2D eigenvalue weighted by Gasteiger charge is -2.25. The van der Waals surface area contributed by atoms with Gasteiger partial charge in [0.05, 0.1) is 19.8 Å². The zero-order valence-corrected chi connectivity index (χ0v) is 18.8. The number of nitrogens with zero attached hydrogens (tertiary/aromatic N) is 2. The highest BCUT2D eigenvalue weighted by atomic mass is 16.5. The molecule has 9 nitrogen and oxygen atoms in total. The number of benzene rings is 1. The highest BCUT2D eigenvalue weighted by Crippen LogP contribution is 2.27. The minimum atomic E-state index is -0.760. The molecule has 2 saturated heterocycles. The van der Waals surface area contributed by atoms with Gasteiger partial charge in [-0.05, 0) is 38.8 Å². The van der Waals surface area contributed by atoms with Gasteiger partial charge in [0.2, 0.25) is 5.91 Å². The molecular weight excluding hydrogens is 400 g/mol. The smallest absolute Gasteiger partial charge is 0.315 e. The predicted molar refractivity (Wildman–Crippen MR) is 116 cm³/mol. The monoisotopic (exact) mass is 434 g/mol. The van der Waals surface area contributed by atoms with E-state index < -0.39 is 11.6 Å². The summed E-state index contributed by atoms with van der Waals surface area (Å²) >= 11 is 0. The van der Waals surface area contributed by atoms with Crippen molar-refractivity contribution in [1.82, 2.24) is 20.4 Å². The van der Waals surface area contributed by atoms with E-state index in [9.17, 15) is 14.7 Å². The Bertz CT molecular complexity index is 795. The van der Waals surface area contributed by atoms with Crippen LogP contribution in [-0.2, 0) is 11.3 Å². The lowest BCUT2D eigenvalue weighted by molar-refractivity contribution is -0.129. The Morgan fingerprint density at radius 3 is 2.65 bits per heavy atom. The van der Waals surface area contributed by atoms with Gasteiger partial charge < -0.3 is 30.1 Å². The first-order valence-electron chi connectivity index (χ1n) is 10.7. The molecule has 0 spiro atoms.